The Morgan fingerprint density at radius 1 is 1.10 bits per heavy atom. The minimum atomic E-state index is -0.478. The van der Waals surface area contributed by atoms with Gasteiger partial charge in [0.25, 0.3) is 11.7 Å². The molecule has 0 spiro atoms. The molecule has 3 heterocycles. The van der Waals surface area contributed by atoms with Gasteiger partial charge >= 0.3 is 0 Å². The summed E-state index contributed by atoms with van der Waals surface area (Å²) < 4.78 is 1.87. The van der Waals surface area contributed by atoms with E-state index in [1.807, 2.05) is 28.8 Å². The molecule has 0 unspecified atom stereocenters. The van der Waals surface area contributed by atoms with Crippen LogP contribution in [0, 0.1) is 0 Å². The van der Waals surface area contributed by atoms with Gasteiger partial charge in [-0.3, -0.25) is 14.4 Å². The smallest absolute Gasteiger partial charge is 0.295 e. The van der Waals surface area contributed by atoms with Gasteiger partial charge in [-0.05, 0) is 25.3 Å². The number of hydrogen-bond acceptors (Lipinski definition) is 5. The fourth-order valence-corrected chi connectivity index (χ4v) is 4.20. The van der Waals surface area contributed by atoms with E-state index < -0.39 is 11.7 Å². The highest BCUT2D eigenvalue weighted by atomic mass is 32.1. The van der Waals surface area contributed by atoms with Crippen LogP contribution in [-0.2, 0) is 16.1 Å². The lowest BCUT2D eigenvalue weighted by Crippen LogP contribution is -2.40. The average Bonchev–Trinajstić information content (AvgIpc) is 3.39. The molecule has 1 aliphatic heterocycles. The number of aromatic nitrogens is 2. The number of rotatable bonds is 6. The third-order valence-electron chi connectivity index (χ3n) is 5.13. The number of hydrogen-bond donors (Lipinski definition) is 1. The molecule has 2 aromatic heterocycles. The first-order valence-electron chi connectivity index (χ1n) is 9.74. The lowest BCUT2D eigenvalue weighted by Gasteiger charge is -2.25. The Hall–Kier alpha value is -3.00. The number of likely N-dealkylation sites (tertiary alicyclic amines) is 1. The molecule has 2 amide bonds. The van der Waals surface area contributed by atoms with Crippen molar-refractivity contribution in [3.8, 4) is 0 Å². The van der Waals surface area contributed by atoms with Gasteiger partial charge < -0.3 is 14.8 Å². The molecule has 0 radical (unpaired) electrons. The molecule has 1 aliphatic rings. The predicted octanol–water partition coefficient (Wildman–Crippen LogP) is 3.32. The second-order valence-electron chi connectivity index (χ2n) is 7.07. The summed E-state index contributed by atoms with van der Waals surface area (Å²) in [5.41, 5.74) is 1.24. The van der Waals surface area contributed by atoms with Crippen molar-refractivity contribution in [1.29, 1.82) is 0 Å². The quantitative estimate of drug-likeness (QED) is 0.499. The zero-order chi connectivity index (χ0) is 20.2. The van der Waals surface area contributed by atoms with Crippen molar-refractivity contribution in [2.75, 3.05) is 18.4 Å². The highest BCUT2D eigenvalue weighted by Gasteiger charge is 2.27. The van der Waals surface area contributed by atoms with Crippen molar-refractivity contribution >= 4 is 45.0 Å². The topological polar surface area (TPSA) is 84.3 Å². The number of fused-ring (bicyclic) bond motifs is 1. The Kier molecular flexibility index (Phi) is 5.71. The highest BCUT2D eigenvalue weighted by molar-refractivity contribution is 7.13. The number of para-hydroxylation sites is 1. The van der Waals surface area contributed by atoms with Crippen LogP contribution in [0.3, 0.4) is 0 Å². The Morgan fingerprint density at radius 3 is 2.66 bits per heavy atom. The van der Waals surface area contributed by atoms with E-state index in [-0.39, 0.29) is 12.3 Å². The molecule has 0 aliphatic carbocycles. The Balaban J connectivity index is 1.52. The number of carbonyl (C=O) groups excluding carboxylic acids is 3. The Labute approximate surface area is 172 Å². The maximum Gasteiger partial charge on any atom is 0.295 e. The fourth-order valence-electron chi connectivity index (χ4n) is 3.66. The Bertz CT molecular complexity index is 1040. The molecular formula is C21H22N4O3S. The third-order valence-corrected chi connectivity index (χ3v) is 5.82. The van der Waals surface area contributed by atoms with Crippen molar-refractivity contribution in [2.45, 2.75) is 32.2 Å². The molecule has 0 atom stereocenters. The molecule has 3 aromatic rings. The number of nitrogens with zero attached hydrogens (tertiary/aromatic N) is 3. The van der Waals surface area contributed by atoms with Crippen LogP contribution in [0.1, 0.15) is 36.0 Å². The monoisotopic (exact) mass is 410 g/mol. The summed E-state index contributed by atoms with van der Waals surface area (Å²) >= 11 is 1.36. The molecule has 1 fully saturated rings. The average molecular weight is 410 g/mol. The van der Waals surface area contributed by atoms with Gasteiger partial charge in [0.05, 0.1) is 5.56 Å². The first kappa shape index (κ1) is 19.3. The van der Waals surface area contributed by atoms with Gasteiger partial charge in [0, 0.05) is 54.7 Å². The van der Waals surface area contributed by atoms with Gasteiger partial charge in [0.1, 0.15) is 0 Å². The summed E-state index contributed by atoms with van der Waals surface area (Å²) in [4.78, 5) is 43.5. The molecule has 7 nitrogen and oxygen atoms in total. The molecule has 0 bridgehead atoms. The molecule has 1 saturated heterocycles. The second kappa shape index (κ2) is 8.57. The molecule has 150 valence electrons. The van der Waals surface area contributed by atoms with Gasteiger partial charge in [-0.15, -0.1) is 11.3 Å². The first-order chi connectivity index (χ1) is 14.1. The molecule has 1 N–H and O–H groups in total. The normalized spacial score (nSPS) is 14.1. The van der Waals surface area contributed by atoms with Gasteiger partial charge in [-0.1, -0.05) is 18.2 Å². The van der Waals surface area contributed by atoms with E-state index in [2.05, 4.69) is 10.3 Å². The largest absolute Gasteiger partial charge is 0.346 e. The SMILES string of the molecule is O=C(CCn1cc(C(=O)C(=O)N2CCCCC2)c2ccccc21)Nc1nccs1. The number of thiazole rings is 1. The molecule has 0 saturated carbocycles. The van der Waals surface area contributed by atoms with Crippen molar-refractivity contribution in [3.05, 3.63) is 47.6 Å². The van der Waals surface area contributed by atoms with Crippen molar-refractivity contribution in [1.82, 2.24) is 14.5 Å². The molecule has 4 rings (SSSR count). The fraction of sp³-hybridized carbons (Fsp3) is 0.333. The number of ketones is 1. The molecule has 1 aromatic carbocycles. The summed E-state index contributed by atoms with van der Waals surface area (Å²) in [5, 5.41) is 5.86. The van der Waals surface area contributed by atoms with Crippen LogP contribution in [-0.4, -0.2) is 45.1 Å². The number of piperidine rings is 1. The van der Waals surface area contributed by atoms with E-state index in [1.165, 1.54) is 11.3 Å². The van der Waals surface area contributed by atoms with Gasteiger partial charge in [-0.25, -0.2) is 4.98 Å². The summed E-state index contributed by atoms with van der Waals surface area (Å²) in [7, 11) is 0. The zero-order valence-electron chi connectivity index (χ0n) is 16.0. The van der Waals surface area contributed by atoms with E-state index in [0.29, 0.717) is 30.3 Å². The molecule has 29 heavy (non-hydrogen) atoms. The van der Waals surface area contributed by atoms with Crippen molar-refractivity contribution in [2.24, 2.45) is 0 Å². The minimum absolute atomic E-state index is 0.144. The van der Waals surface area contributed by atoms with E-state index in [1.54, 1.807) is 22.7 Å². The van der Waals surface area contributed by atoms with Crippen LogP contribution in [0.25, 0.3) is 10.9 Å². The number of aryl methyl sites for hydroxylation is 1. The third kappa shape index (κ3) is 4.22. The highest BCUT2D eigenvalue weighted by Crippen LogP contribution is 2.23. The number of Topliss-reactive ketones (excluding diaryl/α,β-unsaturated/α-hetero) is 1. The van der Waals surface area contributed by atoms with Crippen molar-refractivity contribution in [3.63, 3.8) is 0 Å². The Morgan fingerprint density at radius 2 is 1.90 bits per heavy atom. The van der Waals surface area contributed by atoms with Crippen LogP contribution in [0.15, 0.2) is 42.0 Å². The standard InChI is InChI=1S/C21H22N4O3S/c26-18(23-21-22-9-13-29-21)8-12-25-14-16(15-6-2-3-7-17(15)25)19(27)20(28)24-10-4-1-5-11-24/h2-3,6-7,9,13-14H,1,4-5,8,10-12H2,(H,22,23,26). The van der Waals surface area contributed by atoms with Crippen molar-refractivity contribution < 1.29 is 14.4 Å². The lowest BCUT2D eigenvalue weighted by molar-refractivity contribution is -0.127. The van der Waals surface area contributed by atoms with Crippen LogP contribution < -0.4 is 5.32 Å². The van der Waals surface area contributed by atoms with Gasteiger partial charge in [0.2, 0.25) is 5.91 Å². The van der Waals surface area contributed by atoms with E-state index in [9.17, 15) is 14.4 Å². The molecule has 8 heteroatoms. The van der Waals surface area contributed by atoms with Crippen LogP contribution in [0.5, 0.6) is 0 Å². The first-order valence-corrected chi connectivity index (χ1v) is 10.6. The second-order valence-corrected chi connectivity index (χ2v) is 7.97. The maximum absolute atomic E-state index is 12.9. The number of anilines is 1. The van der Waals surface area contributed by atoms with E-state index in [0.717, 1.165) is 30.2 Å². The van der Waals surface area contributed by atoms with Crippen LogP contribution in [0.2, 0.25) is 0 Å². The molecular weight excluding hydrogens is 388 g/mol. The number of carbonyl (C=O) groups is 3. The lowest BCUT2D eigenvalue weighted by atomic mass is 10.1. The van der Waals surface area contributed by atoms with Crippen LogP contribution in [0.4, 0.5) is 5.13 Å². The summed E-state index contributed by atoms with van der Waals surface area (Å²) in [6.45, 7) is 1.68. The number of amides is 2. The van der Waals surface area contributed by atoms with Crippen LogP contribution >= 0.6 is 11.3 Å². The summed E-state index contributed by atoms with van der Waals surface area (Å²) in [5.74, 6) is -1.06. The maximum atomic E-state index is 12.9. The number of nitrogens with one attached hydrogen (secondary N) is 1. The van der Waals surface area contributed by atoms with E-state index >= 15 is 0 Å². The summed E-state index contributed by atoms with van der Waals surface area (Å²) in [6.07, 6.45) is 6.55. The van der Waals surface area contributed by atoms with Gasteiger partial charge in [0.15, 0.2) is 5.13 Å². The summed E-state index contributed by atoms with van der Waals surface area (Å²) in [6, 6.07) is 7.48. The van der Waals surface area contributed by atoms with Gasteiger partial charge in [-0.2, -0.15) is 0 Å². The number of benzene rings is 1. The predicted molar refractivity (Wildman–Crippen MR) is 112 cm³/mol. The zero-order valence-corrected chi connectivity index (χ0v) is 16.8. The minimum Gasteiger partial charge on any atom is -0.346 e. The van der Waals surface area contributed by atoms with E-state index in [4.69, 9.17) is 0 Å².